The topological polar surface area (TPSA) is 18.5 Å². The van der Waals surface area contributed by atoms with Gasteiger partial charge in [0.05, 0.1) is 14.2 Å². The fourth-order valence-corrected chi connectivity index (χ4v) is 2.60. The zero-order valence-corrected chi connectivity index (χ0v) is 14.4. The van der Waals surface area contributed by atoms with E-state index in [0.29, 0.717) is 0 Å². The first kappa shape index (κ1) is 17.2. The van der Waals surface area contributed by atoms with Crippen LogP contribution < -0.4 is 9.47 Å². The Balaban J connectivity index is 1.68. The molecule has 120 valence electrons. The molecule has 0 aromatic heterocycles. The van der Waals surface area contributed by atoms with Crippen molar-refractivity contribution in [2.45, 2.75) is 0 Å². The lowest BCUT2D eigenvalue weighted by Crippen LogP contribution is -1.82. The minimum absolute atomic E-state index is 0.889. The number of ether oxygens (including phenoxy) is 2. The molecule has 0 N–H and O–H groups in total. The largest absolute Gasteiger partial charge is 0.497 e. The standard InChI is InChI=1S/C20H22O2S/c1-21-19-11-7-17(8-12-19)5-3-15-23-16-4-6-18-9-13-20(22-2)14-10-18/h3-14H,15-16H2,1-2H3. The summed E-state index contributed by atoms with van der Waals surface area (Å²) in [5.74, 6) is 3.78. The number of benzene rings is 2. The highest BCUT2D eigenvalue weighted by molar-refractivity contribution is 7.99. The van der Waals surface area contributed by atoms with Crippen LogP contribution in [0.3, 0.4) is 0 Å². The number of hydrogen-bond donors (Lipinski definition) is 0. The molecule has 0 unspecified atom stereocenters. The van der Waals surface area contributed by atoms with Gasteiger partial charge in [-0.25, -0.2) is 0 Å². The zero-order valence-electron chi connectivity index (χ0n) is 13.6. The van der Waals surface area contributed by atoms with Crippen LogP contribution in [0.5, 0.6) is 11.5 Å². The van der Waals surface area contributed by atoms with Crippen molar-refractivity contribution >= 4 is 23.9 Å². The Morgan fingerprint density at radius 2 is 1.09 bits per heavy atom. The third-order valence-electron chi connectivity index (χ3n) is 3.28. The van der Waals surface area contributed by atoms with Gasteiger partial charge in [0.25, 0.3) is 0 Å². The van der Waals surface area contributed by atoms with Crippen LogP contribution in [0.2, 0.25) is 0 Å². The summed E-state index contributed by atoms with van der Waals surface area (Å²) in [6.45, 7) is 0. The van der Waals surface area contributed by atoms with Crippen LogP contribution in [0.1, 0.15) is 11.1 Å². The van der Waals surface area contributed by atoms with Gasteiger partial charge in [-0.3, -0.25) is 0 Å². The molecule has 0 saturated carbocycles. The van der Waals surface area contributed by atoms with Gasteiger partial charge in [-0.15, -0.1) is 0 Å². The summed E-state index contributed by atoms with van der Waals surface area (Å²) in [7, 11) is 3.36. The van der Waals surface area contributed by atoms with E-state index >= 15 is 0 Å². The smallest absolute Gasteiger partial charge is 0.118 e. The Kier molecular flexibility index (Phi) is 7.34. The lowest BCUT2D eigenvalue weighted by atomic mass is 10.2. The average Bonchev–Trinajstić information content (AvgIpc) is 2.62. The summed E-state index contributed by atoms with van der Waals surface area (Å²) in [4.78, 5) is 0. The van der Waals surface area contributed by atoms with Gasteiger partial charge in [0.1, 0.15) is 11.5 Å². The first-order valence-electron chi connectivity index (χ1n) is 7.51. The van der Waals surface area contributed by atoms with Gasteiger partial charge in [0.15, 0.2) is 0 Å². The van der Waals surface area contributed by atoms with E-state index in [9.17, 15) is 0 Å². The van der Waals surface area contributed by atoms with Crippen molar-refractivity contribution in [1.82, 2.24) is 0 Å². The van der Waals surface area contributed by atoms with Crippen molar-refractivity contribution in [3.63, 3.8) is 0 Å². The Morgan fingerprint density at radius 3 is 1.43 bits per heavy atom. The second-order valence-electron chi connectivity index (χ2n) is 4.89. The van der Waals surface area contributed by atoms with Crippen LogP contribution >= 0.6 is 11.8 Å². The normalized spacial score (nSPS) is 11.2. The van der Waals surface area contributed by atoms with E-state index in [1.54, 1.807) is 14.2 Å². The molecule has 0 spiro atoms. The molecule has 3 heteroatoms. The predicted octanol–water partition coefficient (Wildman–Crippen LogP) is 5.16. The summed E-state index contributed by atoms with van der Waals surface area (Å²) < 4.78 is 10.3. The van der Waals surface area contributed by atoms with Gasteiger partial charge in [0.2, 0.25) is 0 Å². The van der Waals surface area contributed by atoms with E-state index in [-0.39, 0.29) is 0 Å². The first-order valence-corrected chi connectivity index (χ1v) is 8.66. The van der Waals surface area contributed by atoms with Crippen molar-refractivity contribution < 1.29 is 9.47 Å². The Bertz CT molecular complexity index is 570. The van der Waals surface area contributed by atoms with Crippen LogP contribution in [0.15, 0.2) is 60.7 Å². The monoisotopic (exact) mass is 326 g/mol. The maximum Gasteiger partial charge on any atom is 0.118 e. The number of methoxy groups -OCH3 is 2. The third kappa shape index (κ3) is 6.25. The lowest BCUT2D eigenvalue weighted by molar-refractivity contribution is 0.414. The number of rotatable bonds is 8. The summed E-state index contributed by atoms with van der Waals surface area (Å²) in [5.41, 5.74) is 2.39. The van der Waals surface area contributed by atoms with Gasteiger partial charge < -0.3 is 9.47 Å². The predicted molar refractivity (Wildman–Crippen MR) is 101 cm³/mol. The van der Waals surface area contributed by atoms with E-state index in [1.807, 2.05) is 36.0 Å². The SMILES string of the molecule is COc1ccc(C=CCSCC=Cc2ccc(OC)cc2)cc1. The molecular weight excluding hydrogens is 304 g/mol. The minimum atomic E-state index is 0.889. The van der Waals surface area contributed by atoms with Crippen molar-refractivity contribution in [2.75, 3.05) is 25.7 Å². The first-order chi connectivity index (χ1) is 11.3. The Morgan fingerprint density at radius 1 is 0.696 bits per heavy atom. The van der Waals surface area contributed by atoms with Crippen molar-refractivity contribution in [3.05, 3.63) is 71.8 Å². The highest BCUT2D eigenvalue weighted by Crippen LogP contribution is 2.14. The molecule has 0 aliphatic heterocycles. The third-order valence-corrected chi connectivity index (χ3v) is 4.14. The molecule has 0 aliphatic carbocycles. The van der Waals surface area contributed by atoms with Crippen LogP contribution in [0.4, 0.5) is 0 Å². The minimum Gasteiger partial charge on any atom is -0.497 e. The zero-order chi connectivity index (χ0) is 16.3. The maximum absolute atomic E-state index is 5.15. The molecule has 23 heavy (non-hydrogen) atoms. The van der Waals surface area contributed by atoms with Crippen LogP contribution in [0.25, 0.3) is 12.2 Å². The Hall–Kier alpha value is -2.13. The second-order valence-corrected chi connectivity index (χ2v) is 5.96. The molecule has 0 atom stereocenters. The fraction of sp³-hybridized carbons (Fsp3) is 0.200. The average molecular weight is 326 g/mol. The van der Waals surface area contributed by atoms with E-state index in [2.05, 4.69) is 48.6 Å². The van der Waals surface area contributed by atoms with E-state index in [0.717, 1.165) is 23.0 Å². The van der Waals surface area contributed by atoms with Crippen molar-refractivity contribution in [2.24, 2.45) is 0 Å². The van der Waals surface area contributed by atoms with Crippen LogP contribution in [0, 0.1) is 0 Å². The second kappa shape index (κ2) is 9.80. The summed E-state index contributed by atoms with van der Waals surface area (Å²) in [6, 6.07) is 16.1. The molecular formula is C20H22O2S. The molecule has 0 amide bonds. The summed E-state index contributed by atoms with van der Waals surface area (Å²) in [5, 5.41) is 0. The van der Waals surface area contributed by atoms with Gasteiger partial charge in [0, 0.05) is 11.5 Å². The van der Waals surface area contributed by atoms with Gasteiger partial charge in [-0.1, -0.05) is 48.6 Å². The molecule has 0 radical (unpaired) electrons. The molecule has 0 fully saturated rings. The summed E-state index contributed by atoms with van der Waals surface area (Å²) in [6.07, 6.45) is 8.65. The van der Waals surface area contributed by atoms with Crippen LogP contribution in [-0.4, -0.2) is 25.7 Å². The number of thioether (sulfide) groups is 1. The van der Waals surface area contributed by atoms with Crippen molar-refractivity contribution in [3.8, 4) is 11.5 Å². The maximum atomic E-state index is 5.15. The quantitative estimate of drug-likeness (QED) is 0.624. The van der Waals surface area contributed by atoms with Gasteiger partial charge >= 0.3 is 0 Å². The highest BCUT2D eigenvalue weighted by atomic mass is 32.2. The molecule has 0 saturated heterocycles. The van der Waals surface area contributed by atoms with Gasteiger partial charge in [-0.05, 0) is 35.4 Å². The molecule has 2 aromatic carbocycles. The van der Waals surface area contributed by atoms with E-state index in [1.165, 1.54) is 11.1 Å². The lowest BCUT2D eigenvalue weighted by Gasteiger charge is -1.99. The molecule has 0 bridgehead atoms. The molecule has 0 aliphatic rings. The van der Waals surface area contributed by atoms with E-state index < -0.39 is 0 Å². The van der Waals surface area contributed by atoms with Crippen molar-refractivity contribution in [1.29, 1.82) is 0 Å². The van der Waals surface area contributed by atoms with Crippen LogP contribution in [-0.2, 0) is 0 Å². The number of hydrogen-bond acceptors (Lipinski definition) is 3. The van der Waals surface area contributed by atoms with Gasteiger partial charge in [-0.2, -0.15) is 11.8 Å². The fourth-order valence-electron chi connectivity index (χ4n) is 2.00. The Labute approximate surface area is 142 Å². The molecule has 2 rings (SSSR count). The molecule has 2 nitrogen and oxygen atoms in total. The van der Waals surface area contributed by atoms with E-state index in [4.69, 9.17) is 9.47 Å². The highest BCUT2D eigenvalue weighted by Gasteiger charge is 1.91. The summed E-state index contributed by atoms with van der Waals surface area (Å²) >= 11 is 1.88. The molecule has 0 heterocycles. The molecule has 2 aromatic rings.